The van der Waals surface area contributed by atoms with E-state index in [0.29, 0.717) is 9.90 Å². The molecule has 1 amide bonds. The molecular weight excluding hydrogens is 398 g/mol. The summed E-state index contributed by atoms with van der Waals surface area (Å²) in [7, 11) is 0. The minimum atomic E-state index is -1.04. The van der Waals surface area contributed by atoms with E-state index in [1.165, 1.54) is 17.2 Å². The van der Waals surface area contributed by atoms with Crippen molar-refractivity contribution in [1.29, 1.82) is 0 Å². The SMILES string of the molecule is O=C(NCc1cc(C(=O)O)sc1Cl)OCC1c2ccccc2-c2ccccc21. The standard InChI is InChI=1S/C21H16ClNO4S/c22-19-12(9-18(28-19)20(24)25)10-23-21(26)27-11-17-15-7-3-1-5-13(15)14-6-2-4-8-16(14)17/h1-9,17H,10-11H2,(H,23,26)(H,24,25). The van der Waals surface area contributed by atoms with Crippen LogP contribution in [-0.4, -0.2) is 23.8 Å². The van der Waals surface area contributed by atoms with Gasteiger partial charge in [0.2, 0.25) is 0 Å². The summed E-state index contributed by atoms with van der Waals surface area (Å²) in [5, 5.41) is 11.6. The molecule has 1 aliphatic rings. The van der Waals surface area contributed by atoms with Crippen LogP contribution >= 0.6 is 22.9 Å². The van der Waals surface area contributed by atoms with E-state index in [1.54, 1.807) is 0 Å². The molecule has 28 heavy (non-hydrogen) atoms. The summed E-state index contributed by atoms with van der Waals surface area (Å²) in [6, 6.07) is 17.7. The van der Waals surface area contributed by atoms with Gasteiger partial charge in [0.05, 0.1) is 4.34 Å². The van der Waals surface area contributed by atoms with Gasteiger partial charge in [-0.15, -0.1) is 11.3 Å². The van der Waals surface area contributed by atoms with Gasteiger partial charge in [0, 0.05) is 18.0 Å². The molecule has 0 saturated carbocycles. The monoisotopic (exact) mass is 413 g/mol. The molecule has 2 N–H and O–H groups in total. The second kappa shape index (κ2) is 7.66. The molecule has 0 fully saturated rings. The van der Waals surface area contributed by atoms with E-state index in [2.05, 4.69) is 29.6 Å². The van der Waals surface area contributed by atoms with Gasteiger partial charge in [-0.05, 0) is 28.3 Å². The Labute approximate surface area is 170 Å². The van der Waals surface area contributed by atoms with Crippen LogP contribution in [0.5, 0.6) is 0 Å². The minimum Gasteiger partial charge on any atom is -0.477 e. The molecule has 0 aliphatic heterocycles. The minimum absolute atomic E-state index is 0.0125. The van der Waals surface area contributed by atoms with Crippen LogP contribution in [0.15, 0.2) is 54.6 Å². The van der Waals surface area contributed by atoms with Crippen LogP contribution in [-0.2, 0) is 11.3 Å². The highest BCUT2D eigenvalue weighted by Gasteiger charge is 2.29. The largest absolute Gasteiger partial charge is 0.477 e. The van der Waals surface area contributed by atoms with E-state index in [1.807, 2.05) is 24.3 Å². The number of rotatable bonds is 5. The van der Waals surface area contributed by atoms with Crippen molar-refractivity contribution in [3.63, 3.8) is 0 Å². The van der Waals surface area contributed by atoms with E-state index in [-0.39, 0.29) is 23.9 Å². The van der Waals surface area contributed by atoms with E-state index in [4.69, 9.17) is 21.4 Å². The number of hydrogen-bond acceptors (Lipinski definition) is 4. The third-order valence-corrected chi connectivity index (χ3v) is 6.16. The maximum atomic E-state index is 12.2. The van der Waals surface area contributed by atoms with Crippen LogP contribution < -0.4 is 5.32 Å². The van der Waals surface area contributed by atoms with E-state index in [9.17, 15) is 9.59 Å². The van der Waals surface area contributed by atoms with Gasteiger partial charge in [-0.3, -0.25) is 0 Å². The maximum absolute atomic E-state index is 12.2. The average Bonchev–Trinajstić information content (AvgIpc) is 3.23. The number of carbonyl (C=O) groups is 2. The number of fused-ring (bicyclic) bond motifs is 3. The quantitative estimate of drug-likeness (QED) is 0.607. The Morgan fingerprint density at radius 2 is 1.68 bits per heavy atom. The number of alkyl carbamates (subject to hydrolysis) is 1. The summed E-state index contributed by atoms with van der Waals surface area (Å²) in [6.45, 7) is 0.330. The molecule has 1 heterocycles. The summed E-state index contributed by atoms with van der Waals surface area (Å²) < 4.78 is 5.79. The Morgan fingerprint density at radius 1 is 1.07 bits per heavy atom. The van der Waals surface area contributed by atoms with Gasteiger partial charge in [0.1, 0.15) is 11.5 Å². The molecular formula is C21H16ClNO4S. The first-order valence-corrected chi connectivity index (χ1v) is 9.84. The lowest BCUT2D eigenvalue weighted by molar-refractivity contribution is 0.0702. The predicted molar refractivity (Wildman–Crippen MR) is 108 cm³/mol. The molecule has 0 spiro atoms. The number of hydrogen-bond donors (Lipinski definition) is 2. The van der Waals surface area contributed by atoms with Crippen molar-refractivity contribution >= 4 is 35.0 Å². The number of carbonyl (C=O) groups excluding carboxylic acids is 1. The second-order valence-electron chi connectivity index (χ2n) is 6.39. The molecule has 0 radical (unpaired) electrons. The van der Waals surface area contributed by atoms with Crippen LogP contribution in [0.2, 0.25) is 4.34 Å². The van der Waals surface area contributed by atoms with Crippen LogP contribution in [0.1, 0.15) is 32.3 Å². The highest BCUT2D eigenvalue weighted by Crippen LogP contribution is 2.44. The number of carboxylic acid groups (broad SMARTS) is 1. The normalized spacial score (nSPS) is 12.3. The number of ether oxygens (including phenoxy) is 1. The molecule has 7 heteroatoms. The fourth-order valence-electron chi connectivity index (χ4n) is 3.45. The van der Waals surface area contributed by atoms with E-state index < -0.39 is 12.1 Å². The number of carboxylic acids is 1. The first-order valence-electron chi connectivity index (χ1n) is 8.65. The summed E-state index contributed by atoms with van der Waals surface area (Å²) in [5.74, 6) is -1.05. The van der Waals surface area contributed by atoms with Crippen LogP contribution in [0.3, 0.4) is 0 Å². The number of amides is 1. The Hall–Kier alpha value is -2.83. The number of benzene rings is 2. The van der Waals surface area contributed by atoms with Crippen molar-refractivity contribution in [3.8, 4) is 11.1 Å². The van der Waals surface area contributed by atoms with Crippen molar-refractivity contribution in [2.75, 3.05) is 6.61 Å². The topological polar surface area (TPSA) is 75.6 Å². The first-order chi connectivity index (χ1) is 13.5. The Balaban J connectivity index is 1.41. The highest BCUT2D eigenvalue weighted by molar-refractivity contribution is 7.18. The highest BCUT2D eigenvalue weighted by atomic mass is 35.5. The van der Waals surface area contributed by atoms with Crippen LogP contribution in [0, 0.1) is 0 Å². The summed E-state index contributed by atoms with van der Waals surface area (Å²) in [6.07, 6.45) is -0.569. The molecule has 4 rings (SSSR count). The van der Waals surface area contributed by atoms with Crippen LogP contribution in [0.4, 0.5) is 4.79 Å². The van der Waals surface area contributed by atoms with Crippen molar-refractivity contribution in [2.45, 2.75) is 12.5 Å². The number of thiophene rings is 1. The summed E-state index contributed by atoms with van der Waals surface area (Å²) >= 11 is 6.99. The van der Waals surface area contributed by atoms with Gasteiger partial charge in [-0.2, -0.15) is 0 Å². The molecule has 2 aromatic carbocycles. The Kier molecular flexibility index (Phi) is 5.07. The van der Waals surface area contributed by atoms with Crippen LogP contribution in [0.25, 0.3) is 11.1 Å². The molecule has 5 nitrogen and oxygen atoms in total. The Morgan fingerprint density at radius 3 is 2.25 bits per heavy atom. The molecule has 3 aromatic rings. The van der Waals surface area contributed by atoms with Crippen molar-refractivity contribution < 1.29 is 19.4 Å². The molecule has 0 unspecified atom stereocenters. The predicted octanol–water partition coefficient (Wildman–Crippen LogP) is 5.14. The number of aromatic carboxylic acids is 1. The molecule has 1 aliphatic carbocycles. The van der Waals surface area contributed by atoms with Crippen molar-refractivity contribution in [3.05, 3.63) is 80.5 Å². The zero-order valence-corrected chi connectivity index (χ0v) is 16.2. The summed E-state index contributed by atoms with van der Waals surface area (Å²) in [4.78, 5) is 23.3. The second-order valence-corrected chi connectivity index (χ2v) is 8.05. The van der Waals surface area contributed by atoms with Gasteiger partial charge in [0.25, 0.3) is 0 Å². The summed E-state index contributed by atoms with van der Waals surface area (Å²) in [5.41, 5.74) is 5.17. The molecule has 142 valence electrons. The lowest BCUT2D eigenvalue weighted by Gasteiger charge is -2.14. The third-order valence-electron chi connectivity index (χ3n) is 4.73. The first kappa shape index (κ1) is 18.5. The molecule has 0 atom stereocenters. The third kappa shape index (κ3) is 3.48. The molecule has 0 bridgehead atoms. The van der Waals surface area contributed by atoms with Gasteiger partial charge in [-0.1, -0.05) is 60.1 Å². The average molecular weight is 414 g/mol. The van der Waals surface area contributed by atoms with Crippen molar-refractivity contribution in [2.24, 2.45) is 0 Å². The lowest BCUT2D eigenvalue weighted by atomic mass is 9.98. The van der Waals surface area contributed by atoms with Gasteiger partial charge in [0.15, 0.2) is 0 Å². The van der Waals surface area contributed by atoms with Crippen molar-refractivity contribution in [1.82, 2.24) is 5.32 Å². The zero-order chi connectivity index (χ0) is 19.7. The van der Waals surface area contributed by atoms with E-state index in [0.717, 1.165) is 22.5 Å². The fraction of sp³-hybridized carbons (Fsp3) is 0.143. The number of nitrogens with one attached hydrogen (secondary N) is 1. The van der Waals surface area contributed by atoms with Gasteiger partial charge < -0.3 is 15.2 Å². The fourth-order valence-corrected chi connectivity index (χ4v) is 4.56. The number of halogens is 1. The van der Waals surface area contributed by atoms with E-state index >= 15 is 0 Å². The Bertz CT molecular complexity index is 1020. The smallest absolute Gasteiger partial charge is 0.407 e. The zero-order valence-electron chi connectivity index (χ0n) is 14.6. The molecule has 0 saturated heterocycles. The maximum Gasteiger partial charge on any atom is 0.407 e. The molecule has 1 aromatic heterocycles. The lowest BCUT2D eigenvalue weighted by Crippen LogP contribution is -2.25. The van der Waals surface area contributed by atoms with Gasteiger partial charge in [-0.25, -0.2) is 9.59 Å². The van der Waals surface area contributed by atoms with Gasteiger partial charge >= 0.3 is 12.1 Å².